The van der Waals surface area contributed by atoms with E-state index in [9.17, 15) is 9.18 Å². The van der Waals surface area contributed by atoms with Gasteiger partial charge in [0.25, 0.3) is 5.91 Å². The van der Waals surface area contributed by atoms with Gasteiger partial charge in [-0.1, -0.05) is 18.2 Å². The topological polar surface area (TPSA) is 42.4 Å². The zero-order valence-corrected chi connectivity index (χ0v) is 12.0. The van der Waals surface area contributed by atoms with Crippen molar-refractivity contribution in [3.63, 3.8) is 0 Å². The Bertz CT molecular complexity index is 614. The fourth-order valence-electron chi connectivity index (χ4n) is 1.98. The molecule has 0 bridgehead atoms. The largest absolute Gasteiger partial charge is 0.494 e. The maximum Gasteiger partial charge on any atom is 0.255 e. The van der Waals surface area contributed by atoms with E-state index in [0.29, 0.717) is 18.7 Å². The van der Waals surface area contributed by atoms with Gasteiger partial charge in [-0.25, -0.2) is 4.98 Å². The highest BCUT2D eigenvalue weighted by atomic mass is 19.1. The summed E-state index contributed by atoms with van der Waals surface area (Å²) >= 11 is 0. The second-order valence-corrected chi connectivity index (χ2v) is 4.57. The third-order valence-electron chi connectivity index (χ3n) is 3.00. The molecule has 1 aromatic heterocycles. The van der Waals surface area contributed by atoms with E-state index in [-0.39, 0.29) is 5.91 Å². The SMILES string of the molecule is CCOc1ccccc1CN(C)C(=O)c1ccc(F)nc1. The van der Waals surface area contributed by atoms with Crippen LogP contribution in [0.25, 0.3) is 0 Å². The molecule has 0 aliphatic rings. The van der Waals surface area contributed by atoms with E-state index >= 15 is 0 Å². The first-order chi connectivity index (χ1) is 10.1. The summed E-state index contributed by atoms with van der Waals surface area (Å²) in [5.41, 5.74) is 1.28. The Morgan fingerprint density at radius 3 is 2.71 bits per heavy atom. The van der Waals surface area contributed by atoms with Gasteiger partial charge in [0.2, 0.25) is 5.95 Å². The lowest BCUT2D eigenvalue weighted by Crippen LogP contribution is -2.26. The summed E-state index contributed by atoms with van der Waals surface area (Å²) in [6, 6.07) is 10.2. The predicted molar refractivity (Wildman–Crippen MR) is 77.6 cm³/mol. The second kappa shape index (κ2) is 6.83. The van der Waals surface area contributed by atoms with E-state index in [1.807, 2.05) is 31.2 Å². The first-order valence-electron chi connectivity index (χ1n) is 6.69. The Morgan fingerprint density at radius 1 is 1.29 bits per heavy atom. The zero-order valence-electron chi connectivity index (χ0n) is 12.0. The number of aromatic nitrogens is 1. The number of pyridine rings is 1. The van der Waals surface area contributed by atoms with Gasteiger partial charge >= 0.3 is 0 Å². The minimum Gasteiger partial charge on any atom is -0.494 e. The second-order valence-electron chi connectivity index (χ2n) is 4.57. The van der Waals surface area contributed by atoms with Crippen molar-refractivity contribution in [2.24, 2.45) is 0 Å². The van der Waals surface area contributed by atoms with Gasteiger partial charge in [-0.2, -0.15) is 4.39 Å². The molecule has 0 saturated carbocycles. The van der Waals surface area contributed by atoms with Gasteiger partial charge < -0.3 is 9.64 Å². The number of benzene rings is 1. The molecule has 4 nitrogen and oxygen atoms in total. The third kappa shape index (κ3) is 3.78. The van der Waals surface area contributed by atoms with Gasteiger partial charge in [-0.3, -0.25) is 4.79 Å². The van der Waals surface area contributed by atoms with E-state index in [4.69, 9.17) is 4.74 Å². The number of para-hydroxylation sites is 1. The molecule has 0 fully saturated rings. The van der Waals surface area contributed by atoms with Crippen molar-refractivity contribution in [2.45, 2.75) is 13.5 Å². The summed E-state index contributed by atoms with van der Waals surface area (Å²) in [4.78, 5) is 17.3. The third-order valence-corrected chi connectivity index (χ3v) is 3.00. The molecule has 5 heteroatoms. The number of hydrogen-bond donors (Lipinski definition) is 0. The lowest BCUT2D eigenvalue weighted by molar-refractivity contribution is 0.0783. The number of hydrogen-bond acceptors (Lipinski definition) is 3. The van der Waals surface area contributed by atoms with Crippen molar-refractivity contribution >= 4 is 5.91 Å². The average Bonchev–Trinajstić information content (AvgIpc) is 2.49. The molecule has 2 aromatic rings. The summed E-state index contributed by atoms with van der Waals surface area (Å²) < 4.78 is 18.3. The Morgan fingerprint density at radius 2 is 2.05 bits per heavy atom. The zero-order chi connectivity index (χ0) is 15.2. The summed E-state index contributed by atoms with van der Waals surface area (Å²) in [7, 11) is 1.69. The first-order valence-corrected chi connectivity index (χ1v) is 6.69. The van der Waals surface area contributed by atoms with Crippen LogP contribution in [0.15, 0.2) is 42.6 Å². The van der Waals surface area contributed by atoms with Gasteiger partial charge in [0.15, 0.2) is 0 Å². The summed E-state index contributed by atoms with van der Waals surface area (Å²) in [5.74, 6) is -0.0541. The summed E-state index contributed by atoms with van der Waals surface area (Å²) in [5, 5.41) is 0. The number of amides is 1. The van der Waals surface area contributed by atoms with E-state index in [1.165, 1.54) is 18.3 Å². The number of carbonyl (C=O) groups is 1. The Hall–Kier alpha value is -2.43. The number of ether oxygens (including phenoxy) is 1. The van der Waals surface area contributed by atoms with Crippen LogP contribution < -0.4 is 4.74 Å². The molecule has 0 saturated heterocycles. The molecule has 1 aromatic carbocycles. The fraction of sp³-hybridized carbons (Fsp3) is 0.250. The van der Waals surface area contributed by atoms with Crippen molar-refractivity contribution in [1.82, 2.24) is 9.88 Å². The van der Waals surface area contributed by atoms with Crippen molar-refractivity contribution in [3.8, 4) is 5.75 Å². The lowest BCUT2D eigenvalue weighted by atomic mass is 10.1. The minimum atomic E-state index is -0.601. The number of carbonyl (C=O) groups excluding carboxylic acids is 1. The molecular weight excluding hydrogens is 271 g/mol. The van der Waals surface area contributed by atoms with Crippen molar-refractivity contribution in [1.29, 1.82) is 0 Å². The molecule has 1 amide bonds. The van der Waals surface area contributed by atoms with Crippen molar-refractivity contribution < 1.29 is 13.9 Å². The van der Waals surface area contributed by atoms with Gasteiger partial charge in [0.1, 0.15) is 5.75 Å². The molecule has 0 aliphatic carbocycles. The molecule has 0 N–H and O–H groups in total. The minimum absolute atomic E-state index is 0.214. The van der Waals surface area contributed by atoms with E-state index in [2.05, 4.69) is 4.98 Å². The molecule has 0 aliphatic heterocycles. The maximum atomic E-state index is 12.8. The van der Waals surface area contributed by atoms with Crippen LogP contribution in [0.3, 0.4) is 0 Å². The van der Waals surface area contributed by atoms with E-state index < -0.39 is 5.95 Å². The summed E-state index contributed by atoms with van der Waals surface area (Å²) in [6.45, 7) is 2.89. The van der Waals surface area contributed by atoms with E-state index in [1.54, 1.807) is 11.9 Å². The Balaban J connectivity index is 2.12. The normalized spacial score (nSPS) is 10.2. The van der Waals surface area contributed by atoms with Gasteiger partial charge in [-0.05, 0) is 25.1 Å². The Labute approximate surface area is 123 Å². The predicted octanol–water partition coefficient (Wildman–Crippen LogP) is 2.89. The highest BCUT2D eigenvalue weighted by Crippen LogP contribution is 2.20. The maximum absolute atomic E-state index is 12.8. The highest BCUT2D eigenvalue weighted by Gasteiger charge is 2.14. The van der Waals surface area contributed by atoms with Crippen LogP contribution in [0.1, 0.15) is 22.8 Å². The van der Waals surface area contributed by atoms with E-state index in [0.717, 1.165) is 11.3 Å². The number of halogens is 1. The molecule has 1 heterocycles. The fourth-order valence-corrected chi connectivity index (χ4v) is 1.98. The van der Waals surface area contributed by atoms with Crippen LogP contribution in [-0.4, -0.2) is 29.4 Å². The van der Waals surface area contributed by atoms with Crippen LogP contribution in [0, 0.1) is 5.95 Å². The van der Waals surface area contributed by atoms with Gasteiger partial charge in [0.05, 0.1) is 12.2 Å². The van der Waals surface area contributed by atoms with Crippen LogP contribution >= 0.6 is 0 Å². The molecule has 2 rings (SSSR count). The average molecular weight is 288 g/mol. The van der Waals surface area contributed by atoms with Crippen LogP contribution in [0.5, 0.6) is 5.75 Å². The number of nitrogens with zero attached hydrogens (tertiary/aromatic N) is 2. The van der Waals surface area contributed by atoms with Crippen LogP contribution in [-0.2, 0) is 6.54 Å². The van der Waals surface area contributed by atoms with Crippen molar-refractivity contribution in [2.75, 3.05) is 13.7 Å². The molecule has 21 heavy (non-hydrogen) atoms. The van der Waals surface area contributed by atoms with Crippen LogP contribution in [0.4, 0.5) is 4.39 Å². The van der Waals surface area contributed by atoms with Gasteiger partial charge in [0, 0.05) is 25.4 Å². The van der Waals surface area contributed by atoms with Gasteiger partial charge in [-0.15, -0.1) is 0 Å². The molecule has 0 spiro atoms. The Kier molecular flexibility index (Phi) is 4.87. The highest BCUT2D eigenvalue weighted by molar-refractivity contribution is 5.93. The smallest absolute Gasteiger partial charge is 0.255 e. The van der Waals surface area contributed by atoms with Crippen molar-refractivity contribution in [3.05, 3.63) is 59.7 Å². The number of rotatable bonds is 5. The quantitative estimate of drug-likeness (QED) is 0.794. The summed E-state index contributed by atoms with van der Waals surface area (Å²) in [6.07, 6.45) is 1.24. The monoisotopic (exact) mass is 288 g/mol. The molecule has 110 valence electrons. The molecule has 0 unspecified atom stereocenters. The molecule has 0 atom stereocenters. The first kappa shape index (κ1) is 15.0. The molecular formula is C16H17FN2O2. The van der Waals surface area contributed by atoms with Crippen LogP contribution in [0.2, 0.25) is 0 Å². The standard InChI is InChI=1S/C16H17FN2O2/c1-3-21-14-7-5-4-6-13(14)11-19(2)16(20)12-8-9-15(17)18-10-12/h4-10H,3,11H2,1-2H3. The molecule has 0 radical (unpaired) electrons. The lowest BCUT2D eigenvalue weighted by Gasteiger charge is -2.19.